The topological polar surface area (TPSA) is 55.8 Å². The Balaban J connectivity index is 1.55. The predicted octanol–water partition coefficient (Wildman–Crippen LogP) is 4.45. The summed E-state index contributed by atoms with van der Waals surface area (Å²) in [7, 11) is 1.63. The summed E-state index contributed by atoms with van der Waals surface area (Å²) in [4.78, 5) is 26.1. The molecule has 0 spiro atoms. The number of carbonyl (C=O) groups excluding carboxylic acids is 2. The number of amides is 1. The van der Waals surface area contributed by atoms with Gasteiger partial charge < -0.3 is 14.4 Å². The fourth-order valence-electron chi connectivity index (χ4n) is 3.09. The zero-order valence-corrected chi connectivity index (χ0v) is 17.2. The van der Waals surface area contributed by atoms with Gasteiger partial charge >= 0.3 is 5.97 Å². The van der Waals surface area contributed by atoms with E-state index in [0.717, 1.165) is 27.6 Å². The van der Waals surface area contributed by atoms with Crippen LogP contribution in [-0.4, -0.2) is 37.0 Å². The van der Waals surface area contributed by atoms with E-state index in [2.05, 4.69) is 0 Å². The van der Waals surface area contributed by atoms with Crippen molar-refractivity contribution in [1.29, 1.82) is 0 Å². The van der Waals surface area contributed by atoms with Crippen LogP contribution < -0.4 is 4.74 Å². The van der Waals surface area contributed by atoms with E-state index in [9.17, 15) is 9.59 Å². The van der Waals surface area contributed by atoms with Crippen LogP contribution in [0.1, 0.15) is 18.1 Å². The normalized spacial score (nSPS) is 10.9. The summed E-state index contributed by atoms with van der Waals surface area (Å²) in [6.45, 7) is 2.66. The molecule has 0 atom stereocenters. The van der Waals surface area contributed by atoms with Gasteiger partial charge in [-0.3, -0.25) is 4.79 Å². The summed E-state index contributed by atoms with van der Waals surface area (Å²) in [6, 6.07) is 21.4. The summed E-state index contributed by atoms with van der Waals surface area (Å²) in [6.07, 6.45) is 3.02. The lowest BCUT2D eigenvalue weighted by Crippen LogP contribution is -2.33. The van der Waals surface area contributed by atoms with Crippen LogP contribution in [0.5, 0.6) is 5.75 Å². The van der Waals surface area contributed by atoms with Crippen molar-refractivity contribution < 1.29 is 19.1 Å². The summed E-state index contributed by atoms with van der Waals surface area (Å²) in [5.74, 6) is 0.0316. The Bertz CT molecular complexity index is 1040. The molecule has 3 aromatic carbocycles. The first-order valence-corrected chi connectivity index (χ1v) is 9.83. The Morgan fingerprint density at radius 3 is 2.43 bits per heavy atom. The maximum Gasteiger partial charge on any atom is 0.331 e. The molecule has 5 nitrogen and oxygen atoms in total. The molecular formula is C25H25NO4. The highest BCUT2D eigenvalue weighted by molar-refractivity contribution is 5.91. The quantitative estimate of drug-likeness (QED) is 0.412. The van der Waals surface area contributed by atoms with Crippen molar-refractivity contribution in [2.45, 2.75) is 13.5 Å². The average molecular weight is 403 g/mol. The fraction of sp³-hybridized carbons (Fsp3) is 0.200. The number of nitrogens with zero attached hydrogens (tertiary/aromatic N) is 1. The third-order valence-electron chi connectivity index (χ3n) is 4.77. The Morgan fingerprint density at radius 1 is 0.967 bits per heavy atom. The first kappa shape index (κ1) is 21.1. The first-order chi connectivity index (χ1) is 14.6. The van der Waals surface area contributed by atoms with Crippen molar-refractivity contribution in [3.63, 3.8) is 0 Å². The van der Waals surface area contributed by atoms with E-state index < -0.39 is 5.97 Å². The number of benzene rings is 3. The van der Waals surface area contributed by atoms with Gasteiger partial charge in [-0.15, -0.1) is 0 Å². The number of fused-ring (bicyclic) bond motifs is 1. The Kier molecular flexibility index (Phi) is 7.22. The van der Waals surface area contributed by atoms with Crippen molar-refractivity contribution in [2.24, 2.45) is 0 Å². The number of hydrogen-bond donors (Lipinski definition) is 0. The van der Waals surface area contributed by atoms with Crippen molar-refractivity contribution >= 4 is 28.7 Å². The summed E-state index contributed by atoms with van der Waals surface area (Å²) in [5.41, 5.74) is 1.91. The molecule has 30 heavy (non-hydrogen) atoms. The molecule has 0 aliphatic carbocycles. The highest BCUT2D eigenvalue weighted by Crippen LogP contribution is 2.22. The second-order valence-electron chi connectivity index (χ2n) is 6.81. The van der Waals surface area contributed by atoms with Gasteiger partial charge in [0, 0.05) is 19.2 Å². The van der Waals surface area contributed by atoms with Crippen LogP contribution in [0.3, 0.4) is 0 Å². The molecule has 0 aromatic heterocycles. The molecule has 1 amide bonds. The third kappa shape index (κ3) is 5.70. The van der Waals surface area contributed by atoms with Crippen molar-refractivity contribution in [2.75, 3.05) is 20.3 Å². The minimum Gasteiger partial charge on any atom is -0.497 e. The Morgan fingerprint density at radius 2 is 1.70 bits per heavy atom. The average Bonchev–Trinajstić information content (AvgIpc) is 2.79. The molecule has 0 saturated heterocycles. The van der Waals surface area contributed by atoms with E-state index in [-0.39, 0.29) is 12.5 Å². The molecular weight excluding hydrogens is 378 g/mol. The van der Waals surface area contributed by atoms with Crippen LogP contribution >= 0.6 is 0 Å². The molecule has 0 saturated carbocycles. The number of rotatable bonds is 8. The third-order valence-corrected chi connectivity index (χ3v) is 4.77. The Labute approximate surface area is 176 Å². The number of hydrogen-bond acceptors (Lipinski definition) is 4. The van der Waals surface area contributed by atoms with Crippen LogP contribution in [0.25, 0.3) is 16.8 Å². The molecule has 0 bridgehead atoms. The van der Waals surface area contributed by atoms with Gasteiger partial charge in [-0.2, -0.15) is 0 Å². The number of likely N-dealkylation sites (N-methyl/N-ethyl adjacent to an activating group) is 1. The van der Waals surface area contributed by atoms with E-state index in [0.29, 0.717) is 13.1 Å². The molecule has 154 valence electrons. The standard InChI is InChI=1S/C25H25NO4/c1-3-26(17-20-7-5-4-6-8-20)24(27)18-30-25(28)14-10-19-9-11-22-16-23(29-2)13-12-21(22)15-19/h4-16H,3,17-18H2,1-2H3/b14-10+. The smallest absolute Gasteiger partial charge is 0.331 e. The lowest BCUT2D eigenvalue weighted by molar-refractivity contribution is -0.148. The lowest BCUT2D eigenvalue weighted by Gasteiger charge is -2.20. The van der Waals surface area contributed by atoms with Crippen molar-refractivity contribution in [1.82, 2.24) is 4.90 Å². The summed E-state index contributed by atoms with van der Waals surface area (Å²) in [5, 5.41) is 2.10. The monoisotopic (exact) mass is 403 g/mol. The number of carbonyl (C=O) groups is 2. The molecule has 0 N–H and O–H groups in total. The zero-order chi connectivity index (χ0) is 21.3. The number of esters is 1. The van der Waals surface area contributed by atoms with Gasteiger partial charge in [0.2, 0.25) is 0 Å². The van der Waals surface area contributed by atoms with Gasteiger partial charge in [0.15, 0.2) is 6.61 Å². The van der Waals surface area contributed by atoms with Gasteiger partial charge in [0.05, 0.1) is 7.11 Å². The van der Waals surface area contributed by atoms with Gasteiger partial charge in [-0.05, 0) is 53.1 Å². The maximum atomic E-state index is 12.4. The minimum absolute atomic E-state index is 0.220. The molecule has 0 heterocycles. The van der Waals surface area contributed by atoms with Crippen LogP contribution in [0.15, 0.2) is 72.8 Å². The summed E-state index contributed by atoms with van der Waals surface area (Å²) >= 11 is 0. The van der Waals surface area contributed by atoms with Gasteiger partial charge in [-0.25, -0.2) is 4.79 Å². The van der Waals surface area contributed by atoms with Crippen LogP contribution in [0.2, 0.25) is 0 Å². The van der Waals surface area contributed by atoms with Gasteiger partial charge in [0.1, 0.15) is 5.75 Å². The Hall–Kier alpha value is -3.60. The van der Waals surface area contributed by atoms with E-state index in [1.54, 1.807) is 18.1 Å². The van der Waals surface area contributed by atoms with Crippen LogP contribution in [0, 0.1) is 0 Å². The molecule has 3 rings (SSSR count). The fourth-order valence-corrected chi connectivity index (χ4v) is 3.09. The van der Waals surface area contributed by atoms with E-state index in [4.69, 9.17) is 9.47 Å². The molecule has 0 unspecified atom stereocenters. The lowest BCUT2D eigenvalue weighted by atomic mass is 10.1. The van der Waals surface area contributed by atoms with Crippen LogP contribution in [0.4, 0.5) is 0 Å². The summed E-state index contributed by atoms with van der Waals surface area (Å²) < 4.78 is 10.4. The van der Waals surface area contributed by atoms with Gasteiger partial charge in [0.25, 0.3) is 5.91 Å². The largest absolute Gasteiger partial charge is 0.497 e. The van der Waals surface area contributed by atoms with Crippen LogP contribution in [-0.2, 0) is 20.9 Å². The zero-order valence-electron chi connectivity index (χ0n) is 17.2. The second-order valence-corrected chi connectivity index (χ2v) is 6.81. The molecule has 0 fully saturated rings. The van der Waals surface area contributed by atoms with E-state index in [1.807, 2.05) is 73.7 Å². The molecule has 5 heteroatoms. The van der Waals surface area contributed by atoms with Crippen molar-refractivity contribution in [3.05, 3.63) is 83.9 Å². The SMILES string of the molecule is CCN(Cc1ccccc1)C(=O)COC(=O)/C=C/c1ccc2cc(OC)ccc2c1. The highest BCUT2D eigenvalue weighted by atomic mass is 16.5. The molecule has 3 aromatic rings. The predicted molar refractivity (Wildman–Crippen MR) is 118 cm³/mol. The van der Waals surface area contributed by atoms with E-state index >= 15 is 0 Å². The number of methoxy groups -OCH3 is 1. The molecule has 0 radical (unpaired) electrons. The highest BCUT2D eigenvalue weighted by Gasteiger charge is 2.13. The van der Waals surface area contributed by atoms with Gasteiger partial charge in [-0.1, -0.05) is 48.5 Å². The molecule has 0 aliphatic heterocycles. The number of ether oxygens (including phenoxy) is 2. The second kappa shape index (κ2) is 10.3. The minimum atomic E-state index is -0.547. The van der Waals surface area contributed by atoms with Crippen molar-refractivity contribution in [3.8, 4) is 5.75 Å². The molecule has 0 aliphatic rings. The van der Waals surface area contributed by atoms with E-state index in [1.165, 1.54) is 6.08 Å². The first-order valence-electron chi connectivity index (χ1n) is 9.83. The maximum absolute atomic E-state index is 12.4.